The first-order valence-electron chi connectivity index (χ1n) is 11.6. The van der Waals surface area contributed by atoms with E-state index in [0.29, 0.717) is 39.6 Å². The maximum atomic E-state index is 5.82. The average molecular weight is 562 g/mol. The molecule has 32 heavy (non-hydrogen) atoms. The second-order valence-corrected chi connectivity index (χ2v) is 7.81. The van der Waals surface area contributed by atoms with E-state index in [4.69, 9.17) is 23.9 Å². The predicted molar refractivity (Wildman–Crippen MR) is 139 cm³/mol. The number of rotatable bonds is 13. The first-order valence-corrected chi connectivity index (χ1v) is 11.6. The highest BCUT2D eigenvalue weighted by atomic mass is 127. The number of fused-ring (bicyclic) bond motifs is 1. The highest BCUT2D eigenvalue weighted by Crippen LogP contribution is 2.32. The van der Waals surface area contributed by atoms with Crippen molar-refractivity contribution in [3.8, 4) is 11.5 Å². The van der Waals surface area contributed by atoms with Gasteiger partial charge in [-0.25, -0.2) is 0 Å². The number of nitrogens with one attached hydrogen (secondary N) is 2. The molecule has 0 radical (unpaired) electrons. The molecule has 0 unspecified atom stereocenters. The molecule has 1 fully saturated rings. The molecule has 0 amide bonds. The molecule has 8 nitrogen and oxygen atoms in total. The monoisotopic (exact) mass is 562 g/mol. The Hall–Kier alpha value is -1.30. The van der Waals surface area contributed by atoms with Gasteiger partial charge < -0.3 is 29.6 Å². The van der Waals surface area contributed by atoms with E-state index in [-0.39, 0.29) is 24.0 Å². The summed E-state index contributed by atoms with van der Waals surface area (Å²) in [5.41, 5.74) is 0.932. The van der Waals surface area contributed by atoms with E-state index in [0.717, 1.165) is 61.7 Å². The number of ether oxygens (including phenoxy) is 4. The van der Waals surface area contributed by atoms with Gasteiger partial charge in [-0.1, -0.05) is 6.92 Å². The Bertz CT molecular complexity index is 688. The van der Waals surface area contributed by atoms with Crippen LogP contribution in [0.15, 0.2) is 23.2 Å². The van der Waals surface area contributed by atoms with E-state index < -0.39 is 0 Å². The van der Waals surface area contributed by atoms with E-state index in [1.54, 1.807) is 7.11 Å². The van der Waals surface area contributed by atoms with Crippen LogP contribution in [0, 0.1) is 0 Å². The van der Waals surface area contributed by atoms with Crippen LogP contribution < -0.4 is 20.1 Å². The van der Waals surface area contributed by atoms with E-state index in [9.17, 15) is 0 Å². The van der Waals surface area contributed by atoms with Crippen LogP contribution in [0.3, 0.4) is 0 Å². The molecule has 0 atom stereocenters. The Labute approximate surface area is 209 Å². The number of benzene rings is 1. The minimum Gasteiger partial charge on any atom is -0.490 e. The van der Waals surface area contributed by atoms with E-state index in [1.165, 1.54) is 12.8 Å². The molecule has 2 aliphatic rings. The van der Waals surface area contributed by atoms with Crippen molar-refractivity contribution in [3.05, 3.63) is 18.2 Å². The van der Waals surface area contributed by atoms with Gasteiger partial charge in [0.15, 0.2) is 17.5 Å². The third-order valence-corrected chi connectivity index (χ3v) is 5.32. The number of likely N-dealkylation sites (N-methyl/N-ethyl adjacent to an activating group) is 1. The van der Waals surface area contributed by atoms with Crippen molar-refractivity contribution in [2.24, 2.45) is 4.99 Å². The van der Waals surface area contributed by atoms with Crippen molar-refractivity contribution in [2.75, 3.05) is 71.6 Å². The molecule has 3 rings (SSSR count). The van der Waals surface area contributed by atoms with Crippen molar-refractivity contribution in [3.63, 3.8) is 0 Å². The summed E-state index contributed by atoms with van der Waals surface area (Å²) in [4.78, 5) is 7.27. The quantitative estimate of drug-likeness (QED) is 0.165. The zero-order valence-electron chi connectivity index (χ0n) is 19.4. The second-order valence-electron chi connectivity index (χ2n) is 7.81. The zero-order valence-corrected chi connectivity index (χ0v) is 21.8. The van der Waals surface area contributed by atoms with Crippen LogP contribution in [0.2, 0.25) is 0 Å². The molecule has 2 N–H and O–H groups in total. The Morgan fingerprint density at radius 2 is 1.97 bits per heavy atom. The van der Waals surface area contributed by atoms with Crippen LogP contribution in [-0.4, -0.2) is 83.2 Å². The first kappa shape index (κ1) is 26.9. The molecular weight excluding hydrogens is 523 g/mol. The van der Waals surface area contributed by atoms with Gasteiger partial charge in [-0.2, -0.15) is 0 Å². The van der Waals surface area contributed by atoms with Gasteiger partial charge in [0.25, 0.3) is 0 Å². The molecule has 1 aliphatic heterocycles. The Morgan fingerprint density at radius 1 is 1.16 bits per heavy atom. The molecular formula is C23H39IN4O4. The van der Waals surface area contributed by atoms with Crippen LogP contribution in [-0.2, 0) is 9.47 Å². The van der Waals surface area contributed by atoms with E-state index in [1.807, 2.05) is 18.2 Å². The normalized spacial score (nSPS) is 15.8. The summed E-state index contributed by atoms with van der Waals surface area (Å²) in [6, 6.07) is 6.71. The molecule has 0 spiro atoms. The molecule has 9 heteroatoms. The number of hydrogen-bond donors (Lipinski definition) is 2. The highest BCUT2D eigenvalue weighted by Gasteiger charge is 2.27. The van der Waals surface area contributed by atoms with Gasteiger partial charge in [0, 0.05) is 57.6 Å². The van der Waals surface area contributed by atoms with E-state index >= 15 is 0 Å². The maximum absolute atomic E-state index is 5.82. The van der Waals surface area contributed by atoms with Gasteiger partial charge in [-0.15, -0.1) is 24.0 Å². The highest BCUT2D eigenvalue weighted by molar-refractivity contribution is 14.0. The number of guanidine groups is 1. The third kappa shape index (κ3) is 9.68. The molecule has 0 bridgehead atoms. The van der Waals surface area contributed by atoms with Crippen molar-refractivity contribution < 1.29 is 18.9 Å². The zero-order chi connectivity index (χ0) is 21.7. The van der Waals surface area contributed by atoms with Crippen LogP contribution in [0.4, 0.5) is 5.69 Å². The minimum absolute atomic E-state index is 0. The summed E-state index contributed by atoms with van der Waals surface area (Å²) in [7, 11) is 1.68. The molecule has 0 aromatic heterocycles. The molecule has 1 aromatic carbocycles. The SMILES string of the molecule is CCN(CCNC(=NCCCOCCOC)Nc1ccc2c(c1)OCCCO2)C1CC1.I. The number of methoxy groups -OCH3 is 1. The molecule has 1 heterocycles. The fraction of sp³-hybridized carbons (Fsp3) is 0.696. The van der Waals surface area contributed by atoms with Gasteiger partial charge in [0.05, 0.1) is 26.4 Å². The molecule has 0 saturated heterocycles. The topological polar surface area (TPSA) is 76.6 Å². The smallest absolute Gasteiger partial charge is 0.195 e. The summed E-state index contributed by atoms with van der Waals surface area (Å²) >= 11 is 0. The van der Waals surface area contributed by atoms with Crippen molar-refractivity contribution in [1.82, 2.24) is 10.2 Å². The fourth-order valence-electron chi connectivity index (χ4n) is 3.48. The standard InChI is InChI=1S/C23H38N4O4.HI/c1-3-27(20-7-8-20)12-11-25-23(24-10-4-13-29-17-16-28-2)26-19-6-9-21-22(18-19)31-15-5-14-30-21;/h6,9,18,20H,3-5,7-8,10-17H2,1-2H3,(H2,24,25,26);1H. The Kier molecular flexibility index (Phi) is 13.1. The van der Waals surface area contributed by atoms with Crippen molar-refractivity contribution in [2.45, 2.75) is 38.6 Å². The molecule has 1 saturated carbocycles. The summed E-state index contributed by atoms with van der Waals surface area (Å²) in [5.74, 6) is 2.35. The molecule has 1 aliphatic carbocycles. The lowest BCUT2D eigenvalue weighted by molar-refractivity contribution is 0.0702. The van der Waals surface area contributed by atoms with Gasteiger partial charge in [0.2, 0.25) is 0 Å². The molecule has 182 valence electrons. The number of hydrogen-bond acceptors (Lipinski definition) is 6. The van der Waals surface area contributed by atoms with Gasteiger partial charge in [-0.3, -0.25) is 9.89 Å². The van der Waals surface area contributed by atoms with Crippen molar-refractivity contribution in [1.29, 1.82) is 0 Å². The first-order chi connectivity index (χ1) is 15.3. The predicted octanol–water partition coefficient (Wildman–Crippen LogP) is 3.36. The number of aliphatic imine (C=N–C) groups is 1. The summed E-state index contributed by atoms with van der Waals surface area (Å²) in [6.45, 7) is 9.16. The number of nitrogens with zero attached hydrogens (tertiary/aromatic N) is 2. The van der Waals surface area contributed by atoms with Gasteiger partial charge >= 0.3 is 0 Å². The average Bonchev–Trinajstić information content (AvgIpc) is 3.63. The largest absolute Gasteiger partial charge is 0.490 e. The van der Waals surface area contributed by atoms with Crippen LogP contribution >= 0.6 is 24.0 Å². The van der Waals surface area contributed by atoms with Crippen LogP contribution in [0.5, 0.6) is 11.5 Å². The summed E-state index contributed by atoms with van der Waals surface area (Å²) in [5, 5.41) is 6.90. The maximum Gasteiger partial charge on any atom is 0.195 e. The van der Waals surface area contributed by atoms with Crippen molar-refractivity contribution >= 4 is 35.6 Å². The Morgan fingerprint density at radius 3 is 2.72 bits per heavy atom. The van der Waals surface area contributed by atoms with Gasteiger partial charge in [-0.05, 0) is 37.9 Å². The fourth-order valence-corrected chi connectivity index (χ4v) is 3.48. The lowest BCUT2D eigenvalue weighted by Crippen LogP contribution is -2.39. The third-order valence-electron chi connectivity index (χ3n) is 5.32. The van der Waals surface area contributed by atoms with Crippen LogP contribution in [0.25, 0.3) is 0 Å². The lowest BCUT2D eigenvalue weighted by Gasteiger charge is -2.21. The second kappa shape index (κ2) is 15.5. The Balaban J connectivity index is 0.00000363. The van der Waals surface area contributed by atoms with E-state index in [2.05, 4.69) is 22.5 Å². The summed E-state index contributed by atoms with van der Waals surface area (Å²) < 4.78 is 22.1. The number of halogens is 1. The lowest BCUT2D eigenvalue weighted by atomic mass is 10.2. The van der Waals surface area contributed by atoms with Crippen LogP contribution in [0.1, 0.15) is 32.6 Å². The number of anilines is 1. The minimum atomic E-state index is 0. The molecule has 1 aromatic rings. The summed E-state index contributed by atoms with van der Waals surface area (Å²) in [6.07, 6.45) is 4.41. The van der Waals surface area contributed by atoms with Gasteiger partial charge in [0.1, 0.15) is 0 Å².